The normalized spacial score (nSPS) is 10.5. The molecule has 0 atom stereocenters. The Kier molecular flexibility index (Phi) is 4.19. The highest BCUT2D eigenvalue weighted by Crippen LogP contribution is 2.26. The lowest BCUT2D eigenvalue weighted by Crippen LogP contribution is -1.97. The van der Waals surface area contributed by atoms with E-state index in [2.05, 4.69) is 54.4 Å². The van der Waals surface area contributed by atoms with Crippen LogP contribution in [0.1, 0.15) is 16.7 Å². The lowest BCUT2D eigenvalue weighted by atomic mass is 10.0. The summed E-state index contributed by atoms with van der Waals surface area (Å²) < 4.78 is 5.43. The summed E-state index contributed by atoms with van der Waals surface area (Å²) in [5, 5.41) is 0. The molecule has 0 N–H and O–H groups in total. The smallest absolute Gasteiger partial charge is 0.216 e. The lowest BCUT2D eigenvalue weighted by Gasteiger charge is -2.10. The van der Waals surface area contributed by atoms with Crippen LogP contribution in [0.2, 0.25) is 0 Å². The largest absolute Gasteiger partial charge is 0.481 e. The third-order valence-corrected chi connectivity index (χ3v) is 3.70. The molecule has 0 saturated heterocycles. The van der Waals surface area contributed by atoms with Crippen molar-refractivity contribution in [2.24, 2.45) is 0 Å². The number of hydrogen-bond acceptors (Lipinski definition) is 2. The molecule has 0 saturated carbocycles. The first-order valence-corrected chi connectivity index (χ1v) is 7.40. The Bertz CT molecular complexity index is 766. The van der Waals surface area contributed by atoms with Gasteiger partial charge in [0.15, 0.2) is 0 Å². The Morgan fingerprint density at radius 3 is 2.45 bits per heavy atom. The van der Waals surface area contributed by atoms with Gasteiger partial charge >= 0.3 is 0 Å². The first-order chi connectivity index (χ1) is 10.8. The molecule has 22 heavy (non-hydrogen) atoms. The van der Waals surface area contributed by atoms with Gasteiger partial charge in [-0.1, -0.05) is 60.2 Å². The predicted octanol–water partition coefficient (Wildman–Crippen LogP) is 4.66. The van der Waals surface area contributed by atoms with Crippen LogP contribution in [0.5, 0.6) is 5.88 Å². The van der Waals surface area contributed by atoms with E-state index in [0.29, 0.717) is 5.88 Å². The van der Waals surface area contributed by atoms with Crippen molar-refractivity contribution < 1.29 is 4.74 Å². The van der Waals surface area contributed by atoms with E-state index in [1.54, 1.807) is 7.11 Å². The minimum absolute atomic E-state index is 0.696. The Balaban J connectivity index is 1.98. The Hall–Kier alpha value is -2.61. The number of hydrogen-bond donors (Lipinski definition) is 0. The van der Waals surface area contributed by atoms with Gasteiger partial charge in [-0.2, -0.15) is 0 Å². The number of methoxy groups -OCH3 is 1. The maximum absolute atomic E-state index is 5.43. The first kappa shape index (κ1) is 14.3. The van der Waals surface area contributed by atoms with E-state index in [9.17, 15) is 0 Å². The zero-order valence-electron chi connectivity index (χ0n) is 12.9. The SMILES string of the molecule is COc1ncc(-c2ccccc2)cc1Cc1cccc(C)c1. The second-order valence-electron chi connectivity index (χ2n) is 5.42. The van der Waals surface area contributed by atoms with Crippen molar-refractivity contribution >= 4 is 0 Å². The van der Waals surface area contributed by atoms with Crippen LogP contribution in [-0.4, -0.2) is 12.1 Å². The number of aromatic nitrogens is 1. The van der Waals surface area contributed by atoms with Crippen molar-refractivity contribution in [2.75, 3.05) is 7.11 Å². The third kappa shape index (κ3) is 3.17. The molecule has 0 amide bonds. The maximum Gasteiger partial charge on any atom is 0.216 e. The fourth-order valence-electron chi connectivity index (χ4n) is 2.64. The van der Waals surface area contributed by atoms with E-state index < -0.39 is 0 Å². The molecule has 110 valence electrons. The van der Waals surface area contributed by atoms with Gasteiger partial charge in [0.1, 0.15) is 0 Å². The zero-order chi connectivity index (χ0) is 15.4. The number of aryl methyl sites for hydroxylation is 1. The van der Waals surface area contributed by atoms with Gasteiger partial charge in [0.25, 0.3) is 0 Å². The molecule has 2 heteroatoms. The summed E-state index contributed by atoms with van der Waals surface area (Å²) in [6.45, 7) is 2.11. The van der Waals surface area contributed by atoms with E-state index in [0.717, 1.165) is 17.5 Å². The highest BCUT2D eigenvalue weighted by Gasteiger charge is 2.08. The number of ether oxygens (including phenoxy) is 1. The summed E-state index contributed by atoms with van der Waals surface area (Å²) in [4.78, 5) is 4.47. The monoisotopic (exact) mass is 289 g/mol. The van der Waals surface area contributed by atoms with Crippen LogP contribution in [0.3, 0.4) is 0 Å². The fourth-order valence-corrected chi connectivity index (χ4v) is 2.64. The minimum Gasteiger partial charge on any atom is -0.481 e. The van der Waals surface area contributed by atoms with Crippen LogP contribution in [0, 0.1) is 6.92 Å². The van der Waals surface area contributed by atoms with E-state index in [-0.39, 0.29) is 0 Å². The molecular formula is C20H19NO. The van der Waals surface area contributed by atoms with Crippen LogP contribution in [0.4, 0.5) is 0 Å². The first-order valence-electron chi connectivity index (χ1n) is 7.40. The van der Waals surface area contributed by atoms with Crippen LogP contribution >= 0.6 is 0 Å². The molecule has 0 aliphatic heterocycles. The van der Waals surface area contributed by atoms with Crippen molar-refractivity contribution in [3.8, 4) is 17.0 Å². The van der Waals surface area contributed by atoms with E-state index in [1.807, 2.05) is 24.4 Å². The number of nitrogens with zero attached hydrogens (tertiary/aromatic N) is 1. The zero-order valence-corrected chi connectivity index (χ0v) is 12.9. The molecule has 2 nitrogen and oxygen atoms in total. The predicted molar refractivity (Wildman–Crippen MR) is 90.2 cm³/mol. The fraction of sp³-hybridized carbons (Fsp3) is 0.150. The standard InChI is InChI=1S/C20H19NO/c1-15-7-6-8-16(11-15)12-18-13-19(14-21-20(18)22-2)17-9-4-3-5-10-17/h3-11,13-14H,12H2,1-2H3. The average Bonchev–Trinajstić information content (AvgIpc) is 2.56. The summed E-state index contributed by atoms with van der Waals surface area (Å²) in [5.41, 5.74) is 5.93. The van der Waals surface area contributed by atoms with Crippen molar-refractivity contribution in [2.45, 2.75) is 13.3 Å². The molecule has 1 aromatic heterocycles. The van der Waals surface area contributed by atoms with Gasteiger partial charge in [-0.25, -0.2) is 4.98 Å². The second kappa shape index (κ2) is 6.44. The summed E-state index contributed by atoms with van der Waals surface area (Å²) >= 11 is 0. The molecule has 3 aromatic rings. The van der Waals surface area contributed by atoms with Crippen molar-refractivity contribution in [1.29, 1.82) is 0 Å². The van der Waals surface area contributed by atoms with Gasteiger partial charge in [-0.15, -0.1) is 0 Å². The Morgan fingerprint density at radius 2 is 1.73 bits per heavy atom. The van der Waals surface area contributed by atoms with E-state index >= 15 is 0 Å². The van der Waals surface area contributed by atoms with Gasteiger partial charge in [-0.3, -0.25) is 0 Å². The quantitative estimate of drug-likeness (QED) is 0.697. The van der Waals surface area contributed by atoms with E-state index in [4.69, 9.17) is 4.74 Å². The molecule has 0 fully saturated rings. The molecule has 0 bridgehead atoms. The Morgan fingerprint density at radius 1 is 0.909 bits per heavy atom. The van der Waals surface area contributed by atoms with Crippen molar-refractivity contribution in [1.82, 2.24) is 4.98 Å². The number of rotatable bonds is 4. The third-order valence-electron chi connectivity index (χ3n) is 3.70. The van der Waals surface area contributed by atoms with Gasteiger partial charge in [0, 0.05) is 23.7 Å². The van der Waals surface area contributed by atoms with E-state index in [1.165, 1.54) is 16.7 Å². The van der Waals surface area contributed by atoms with Crippen LogP contribution < -0.4 is 4.74 Å². The van der Waals surface area contributed by atoms with Crippen molar-refractivity contribution in [3.05, 3.63) is 83.6 Å². The second-order valence-corrected chi connectivity index (χ2v) is 5.42. The highest BCUT2D eigenvalue weighted by atomic mass is 16.5. The Labute approximate surface area is 131 Å². The van der Waals surface area contributed by atoms with Gasteiger partial charge in [0.05, 0.1) is 7.11 Å². The highest BCUT2D eigenvalue weighted by molar-refractivity contribution is 5.64. The molecule has 0 radical (unpaired) electrons. The van der Waals surface area contributed by atoms with Gasteiger partial charge in [0.2, 0.25) is 5.88 Å². The molecule has 0 spiro atoms. The van der Waals surface area contributed by atoms with Crippen molar-refractivity contribution in [3.63, 3.8) is 0 Å². The molecule has 0 unspecified atom stereocenters. The van der Waals surface area contributed by atoms with Crippen LogP contribution in [0.25, 0.3) is 11.1 Å². The maximum atomic E-state index is 5.43. The topological polar surface area (TPSA) is 22.1 Å². The summed E-state index contributed by atoms with van der Waals surface area (Å²) in [6.07, 6.45) is 2.69. The molecule has 0 aliphatic carbocycles. The number of pyridine rings is 1. The lowest BCUT2D eigenvalue weighted by molar-refractivity contribution is 0.393. The molecule has 2 aromatic carbocycles. The van der Waals surface area contributed by atoms with Gasteiger partial charge < -0.3 is 4.74 Å². The summed E-state index contributed by atoms with van der Waals surface area (Å²) in [6, 6.07) is 21.0. The molecule has 1 heterocycles. The van der Waals surface area contributed by atoms with Crippen LogP contribution in [0.15, 0.2) is 66.9 Å². The number of benzene rings is 2. The summed E-state index contributed by atoms with van der Waals surface area (Å²) in [5.74, 6) is 0.696. The minimum atomic E-state index is 0.696. The average molecular weight is 289 g/mol. The molecule has 0 aliphatic rings. The van der Waals surface area contributed by atoms with Gasteiger partial charge in [-0.05, 0) is 24.1 Å². The molecule has 3 rings (SSSR count). The van der Waals surface area contributed by atoms with Crippen LogP contribution in [-0.2, 0) is 6.42 Å². The molecular weight excluding hydrogens is 270 g/mol. The summed E-state index contributed by atoms with van der Waals surface area (Å²) in [7, 11) is 1.67.